The molecule has 1 unspecified atom stereocenters. The van der Waals surface area contributed by atoms with Crippen LogP contribution in [0.15, 0.2) is 6.07 Å². The van der Waals surface area contributed by atoms with Gasteiger partial charge in [-0.25, -0.2) is 0 Å². The van der Waals surface area contributed by atoms with E-state index in [0.717, 1.165) is 10.4 Å². The van der Waals surface area contributed by atoms with Crippen LogP contribution in [0.2, 0.25) is 0 Å². The van der Waals surface area contributed by atoms with Gasteiger partial charge in [-0.1, -0.05) is 0 Å². The highest BCUT2D eigenvalue weighted by atomic mass is 32.1. The number of hydrogen-bond donors (Lipinski definition) is 1. The minimum atomic E-state index is -0.871. The van der Waals surface area contributed by atoms with E-state index in [1.165, 1.54) is 4.88 Å². The Morgan fingerprint density at radius 1 is 1.62 bits per heavy atom. The minimum Gasteiger partial charge on any atom is -0.384 e. The predicted octanol–water partition coefficient (Wildman–Crippen LogP) is 2.60. The molecule has 1 rings (SSSR count). The Bertz CT molecular complexity index is 341. The maximum Gasteiger partial charge on any atom is 0.0987 e. The van der Waals surface area contributed by atoms with Gasteiger partial charge in [0.2, 0.25) is 0 Å². The zero-order chi connectivity index (χ0) is 10.1. The Hall–Kier alpha value is -0.780. The zero-order valence-electron chi connectivity index (χ0n) is 8.22. The molecular formula is C11H14OS. The van der Waals surface area contributed by atoms with Crippen molar-refractivity contribution in [3.63, 3.8) is 0 Å². The molecule has 0 aliphatic heterocycles. The van der Waals surface area contributed by atoms with Crippen LogP contribution >= 0.6 is 11.3 Å². The molecule has 1 aromatic rings. The highest BCUT2D eigenvalue weighted by Crippen LogP contribution is 2.32. The van der Waals surface area contributed by atoms with E-state index >= 15 is 0 Å². The summed E-state index contributed by atoms with van der Waals surface area (Å²) in [5.74, 6) is 2.50. The molecule has 0 spiro atoms. The zero-order valence-corrected chi connectivity index (χ0v) is 9.03. The first kappa shape index (κ1) is 10.3. The summed E-state index contributed by atoms with van der Waals surface area (Å²) in [5.41, 5.74) is 0.0943. The van der Waals surface area contributed by atoms with Crippen LogP contribution in [-0.4, -0.2) is 5.11 Å². The number of thiophene rings is 1. The second-order valence-corrected chi connectivity index (χ2v) is 4.94. The third-order valence-corrected chi connectivity index (χ3v) is 3.03. The number of terminal acetylenes is 1. The average Bonchev–Trinajstić information content (AvgIpc) is 2.30. The third-order valence-electron chi connectivity index (χ3n) is 2.07. The predicted molar refractivity (Wildman–Crippen MR) is 56.8 cm³/mol. The second kappa shape index (κ2) is 3.53. The lowest BCUT2D eigenvalue weighted by molar-refractivity contribution is 0.0628. The summed E-state index contributed by atoms with van der Waals surface area (Å²) < 4.78 is 0. The molecule has 1 nitrogen and oxygen atoms in total. The Kier molecular flexibility index (Phi) is 2.80. The van der Waals surface area contributed by atoms with E-state index in [-0.39, 0.29) is 0 Å². The summed E-state index contributed by atoms with van der Waals surface area (Å²) in [7, 11) is 0. The van der Waals surface area contributed by atoms with Gasteiger partial charge in [-0.05, 0) is 32.4 Å². The van der Waals surface area contributed by atoms with Gasteiger partial charge < -0.3 is 5.11 Å². The summed E-state index contributed by atoms with van der Waals surface area (Å²) in [5, 5.41) is 10.0. The van der Waals surface area contributed by atoms with Crippen molar-refractivity contribution in [2.75, 3.05) is 0 Å². The third kappa shape index (κ3) is 2.12. The maximum atomic E-state index is 10.0. The van der Waals surface area contributed by atoms with Gasteiger partial charge in [-0.2, -0.15) is 0 Å². The van der Waals surface area contributed by atoms with Gasteiger partial charge in [0.1, 0.15) is 0 Å². The van der Waals surface area contributed by atoms with Crippen molar-refractivity contribution < 1.29 is 5.11 Å². The van der Waals surface area contributed by atoms with Crippen molar-refractivity contribution >= 4 is 11.3 Å². The first-order chi connectivity index (χ1) is 5.97. The smallest absolute Gasteiger partial charge is 0.0987 e. The van der Waals surface area contributed by atoms with E-state index in [1.807, 2.05) is 19.9 Å². The molecular weight excluding hydrogens is 180 g/mol. The largest absolute Gasteiger partial charge is 0.384 e. The molecule has 0 aliphatic rings. The van der Waals surface area contributed by atoms with E-state index in [0.29, 0.717) is 6.42 Å². The average molecular weight is 194 g/mol. The molecule has 70 valence electrons. The van der Waals surface area contributed by atoms with Crippen molar-refractivity contribution in [1.29, 1.82) is 0 Å². The Morgan fingerprint density at radius 3 is 2.62 bits per heavy atom. The number of aryl methyl sites for hydroxylation is 2. The van der Waals surface area contributed by atoms with E-state index < -0.39 is 5.60 Å². The van der Waals surface area contributed by atoms with Crippen LogP contribution in [0.25, 0.3) is 0 Å². The van der Waals surface area contributed by atoms with Crippen LogP contribution < -0.4 is 0 Å². The lowest BCUT2D eigenvalue weighted by Gasteiger charge is -2.20. The summed E-state index contributed by atoms with van der Waals surface area (Å²) in [6.45, 7) is 5.81. The Balaban J connectivity index is 3.07. The first-order valence-electron chi connectivity index (χ1n) is 4.20. The summed E-state index contributed by atoms with van der Waals surface area (Å²) in [6.07, 6.45) is 5.57. The molecule has 0 fully saturated rings. The fourth-order valence-corrected chi connectivity index (χ4v) is 2.51. The standard InChI is InChI=1S/C11H14OS/c1-5-6-11(4,12)10-7-8(2)13-9(10)3/h1,7,12H,6H2,2-4H3. The SMILES string of the molecule is C#CCC(C)(O)c1cc(C)sc1C. The molecule has 0 amide bonds. The molecule has 0 saturated carbocycles. The molecule has 0 saturated heterocycles. The van der Waals surface area contributed by atoms with Gasteiger partial charge in [0.05, 0.1) is 5.60 Å². The Morgan fingerprint density at radius 2 is 2.23 bits per heavy atom. The van der Waals surface area contributed by atoms with Gasteiger partial charge in [-0.15, -0.1) is 23.7 Å². The molecule has 0 aliphatic carbocycles. The van der Waals surface area contributed by atoms with Crippen molar-refractivity contribution in [3.8, 4) is 12.3 Å². The lowest BCUT2D eigenvalue weighted by atomic mass is 9.93. The Labute approximate surface area is 83.4 Å². The van der Waals surface area contributed by atoms with Crippen LogP contribution in [0, 0.1) is 26.2 Å². The van der Waals surface area contributed by atoms with Crippen molar-refractivity contribution in [3.05, 3.63) is 21.4 Å². The van der Waals surface area contributed by atoms with Crippen LogP contribution in [0.1, 0.15) is 28.7 Å². The topological polar surface area (TPSA) is 20.2 Å². The monoisotopic (exact) mass is 194 g/mol. The molecule has 13 heavy (non-hydrogen) atoms. The lowest BCUT2D eigenvalue weighted by Crippen LogP contribution is -2.20. The van der Waals surface area contributed by atoms with Crippen molar-refractivity contribution in [2.24, 2.45) is 0 Å². The molecule has 1 heterocycles. The summed E-state index contributed by atoms with van der Waals surface area (Å²) in [6, 6.07) is 2.01. The molecule has 1 atom stereocenters. The number of aliphatic hydroxyl groups is 1. The molecule has 1 aromatic heterocycles. The van der Waals surface area contributed by atoms with Crippen LogP contribution in [-0.2, 0) is 5.60 Å². The molecule has 0 aromatic carbocycles. The van der Waals surface area contributed by atoms with Gasteiger partial charge in [0.25, 0.3) is 0 Å². The van der Waals surface area contributed by atoms with Crippen molar-refractivity contribution in [2.45, 2.75) is 32.8 Å². The number of rotatable bonds is 2. The van der Waals surface area contributed by atoms with Gasteiger partial charge in [0.15, 0.2) is 0 Å². The normalized spacial score (nSPS) is 15.0. The number of hydrogen-bond acceptors (Lipinski definition) is 2. The minimum absolute atomic E-state index is 0.365. The van der Waals surface area contributed by atoms with E-state index in [4.69, 9.17) is 6.42 Å². The molecule has 0 radical (unpaired) electrons. The van der Waals surface area contributed by atoms with Crippen LogP contribution in [0.5, 0.6) is 0 Å². The first-order valence-corrected chi connectivity index (χ1v) is 5.02. The van der Waals surface area contributed by atoms with E-state index in [1.54, 1.807) is 18.3 Å². The highest BCUT2D eigenvalue weighted by Gasteiger charge is 2.25. The summed E-state index contributed by atoms with van der Waals surface area (Å²) in [4.78, 5) is 2.36. The van der Waals surface area contributed by atoms with Crippen LogP contribution in [0.3, 0.4) is 0 Å². The molecule has 0 bridgehead atoms. The van der Waals surface area contributed by atoms with Crippen molar-refractivity contribution in [1.82, 2.24) is 0 Å². The molecule has 2 heteroatoms. The van der Waals surface area contributed by atoms with Gasteiger partial charge in [-0.3, -0.25) is 0 Å². The van der Waals surface area contributed by atoms with Gasteiger partial charge in [0, 0.05) is 16.2 Å². The van der Waals surface area contributed by atoms with Gasteiger partial charge >= 0.3 is 0 Å². The summed E-state index contributed by atoms with van der Waals surface area (Å²) >= 11 is 1.69. The highest BCUT2D eigenvalue weighted by molar-refractivity contribution is 7.12. The van der Waals surface area contributed by atoms with Crippen LogP contribution in [0.4, 0.5) is 0 Å². The van der Waals surface area contributed by atoms with E-state index in [2.05, 4.69) is 5.92 Å². The quantitative estimate of drug-likeness (QED) is 0.717. The second-order valence-electron chi connectivity index (χ2n) is 3.48. The molecule has 1 N–H and O–H groups in total. The fourth-order valence-electron chi connectivity index (χ4n) is 1.46. The fraction of sp³-hybridized carbons (Fsp3) is 0.455. The van der Waals surface area contributed by atoms with E-state index in [9.17, 15) is 5.11 Å². The maximum absolute atomic E-state index is 10.0.